The normalized spacial score (nSPS) is 12.4. The molecule has 4 aromatic carbocycles. The third-order valence-corrected chi connectivity index (χ3v) is 7.85. The van der Waals surface area contributed by atoms with Gasteiger partial charge in [-0.15, -0.1) is 0 Å². The molecule has 1 aromatic heterocycles. The van der Waals surface area contributed by atoms with Crippen LogP contribution in [0.3, 0.4) is 0 Å². The largest absolute Gasteiger partial charge is 0.481 e. The molecular formula is C36H28F3NO7. The van der Waals surface area contributed by atoms with E-state index in [-0.39, 0.29) is 40.3 Å². The molecule has 1 atom stereocenters. The Labute approximate surface area is 267 Å². The number of hydrogen-bond acceptors (Lipinski definition) is 7. The first-order chi connectivity index (χ1) is 22.3. The van der Waals surface area contributed by atoms with Crippen LogP contribution in [0.4, 0.5) is 13.2 Å². The van der Waals surface area contributed by atoms with Gasteiger partial charge < -0.3 is 19.5 Å². The van der Waals surface area contributed by atoms with E-state index in [1.165, 1.54) is 30.3 Å². The second-order valence-electron chi connectivity index (χ2n) is 10.9. The van der Waals surface area contributed by atoms with Crippen molar-refractivity contribution in [2.45, 2.75) is 32.0 Å². The van der Waals surface area contributed by atoms with Crippen LogP contribution in [0.1, 0.15) is 43.9 Å². The smallest absolute Gasteiger partial charge is 0.416 e. The lowest BCUT2D eigenvalue weighted by atomic mass is 9.86. The molecule has 11 heteroatoms. The summed E-state index contributed by atoms with van der Waals surface area (Å²) in [5, 5.41) is 25.5. The van der Waals surface area contributed by atoms with Crippen molar-refractivity contribution in [1.82, 2.24) is 5.16 Å². The van der Waals surface area contributed by atoms with Crippen molar-refractivity contribution in [2.75, 3.05) is 0 Å². The summed E-state index contributed by atoms with van der Waals surface area (Å²) >= 11 is 0. The van der Waals surface area contributed by atoms with Crippen LogP contribution in [0.15, 0.2) is 108 Å². The van der Waals surface area contributed by atoms with Gasteiger partial charge in [-0.1, -0.05) is 78.0 Å². The number of ether oxygens (including phenoxy) is 1. The van der Waals surface area contributed by atoms with Crippen LogP contribution < -0.4 is 4.74 Å². The van der Waals surface area contributed by atoms with Crippen LogP contribution in [0.5, 0.6) is 5.75 Å². The minimum absolute atomic E-state index is 0.0280. The fourth-order valence-electron chi connectivity index (χ4n) is 5.18. The third-order valence-electron chi connectivity index (χ3n) is 7.85. The number of aliphatic hydroxyl groups is 1. The number of carbonyl (C=O) groups excluding carboxylic acids is 2. The SMILES string of the molecule is Cc1cc(C(=O)C(Cc2noc(-c3ccc(C(F)(F)F)cc3)c2C)C(=O)O)ccc1OC(=O)C(O)(c1ccccc1)c1ccccc1. The number of rotatable bonds is 10. The molecule has 0 bridgehead atoms. The van der Waals surface area contributed by atoms with Gasteiger partial charge in [-0.05, 0) is 60.9 Å². The second kappa shape index (κ2) is 13.1. The maximum absolute atomic E-state index is 13.5. The van der Waals surface area contributed by atoms with Crippen LogP contribution in [-0.2, 0) is 27.8 Å². The predicted octanol–water partition coefficient (Wildman–Crippen LogP) is 6.94. The molecule has 2 N–H and O–H groups in total. The van der Waals surface area contributed by atoms with Crippen LogP contribution in [0.2, 0.25) is 0 Å². The van der Waals surface area contributed by atoms with E-state index >= 15 is 0 Å². The average Bonchev–Trinajstić information content (AvgIpc) is 3.43. The number of halogens is 3. The van der Waals surface area contributed by atoms with Crippen molar-refractivity contribution >= 4 is 17.7 Å². The Morgan fingerprint density at radius 1 is 0.830 bits per heavy atom. The molecule has 240 valence electrons. The van der Waals surface area contributed by atoms with E-state index in [0.29, 0.717) is 16.7 Å². The van der Waals surface area contributed by atoms with Gasteiger partial charge in [0.25, 0.3) is 0 Å². The number of hydrogen-bond donors (Lipinski definition) is 2. The average molecular weight is 644 g/mol. The van der Waals surface area contributed by atoms with Crippen LogP contribution in [0.25, 0.3) is 11.3 Å². The summed E-state index contributed by atoms with van der Waals surface area (Å²) in [4.78, 5) is 39.2. The fourth-order valence-corrected chi connectivity index (χ4v) is 5.18. The summed E-state index contributed by atoms with van der Waals surface area (Å²) < 4.78 is 49.9. The van der Waals surface area contributed by atoms with E-state index in [1.807, 2.05) is 0 Å². The van der Waals surface area contributed by atoms with Crippen molar-refractivity contribution < 1.29 is 47.0 Å². The quantitative estimate of drug-likeness (QED) is 0.0725. The molecule has 0 amide bonds. The molecule has 47 heavy (non-hydrogen) atoms. The number of alkyl halides is 3. The van der Waals surface area contributed by atoms with Crippen LogP contribution in [0, 0.1) is 19.8 Å². The number of benzene rings is 4. The van der Waals surface area contributed by atoms with Gasteiger partial charge in [-0.3, -0.25) is 9.59 Å². The van der Waals surface area contributed by atoms with E-state index in [0.717, 1.165) is 12.1 Å². The number of aromatic nitrogens is 1. The number of carboxylic acid groups (broad SMARTS) is 1. The lowest BCUT2D eigenvalue weighted by Crippen LogP contribution is -2.40. The van der Waals surface area contributed by atoms with Crippen LogP contribution >= 0.6 is 0 Å². The highest BCUT2D eigenvalue weighted by Gasteiger charge is 2.42. The van der Waals surface area contributed by atoms with Gasteiger partial charge in [0.05, 0.1) is 11.3 Å². The van der Waals surface area contributed by atoms with Gasteiger partial charge >= 0.3 is 18.1 Å². The molecule has 0 saturated carbocycles. The minimum Gasteiger partial charge on any atom is -0.481 e. The molecule has 0 radical (unpaired) electrons. The summed E-state index contributed by atoms with van der Waals surface area (Å²) in [6.07, 6.45) is -4.86. The number of nitrogens with zero attached hydrogens (tertiary/aromatic N) is 1. The van der Waals surface area contributed by atoms with Crippen LogP contribution in [-0.4, -0.2) is 33.1 Å². The maximum atomic E-state index is 13.5. The van der Waals surface area contributed by atoms with Crippen molar-refractivity contribution in [3.8, 4) is 17.1 Å². The standard InChI is InChI=1S/C36H28F3NO7/c1-21-19-24(15-18-30(21)46-34(44)35(45,25-9-5-3-6-10-25)26-11-7-4-8-12-26)31(41)28(33(42)43)20-29-22(2)32(47-40-29)23-13-16-27(17-14-23)36(37,38)39/h3-19,28,45H,20H2,1-2H3,(H,42,43). The lowest BCUT2D eigenvalue weighted by Gasteiger charge is -2.27. The molecule has 0 spiro atoms. The molecule has 0 aliphatic heterocycles. The van der Waals surface area contributed by atoms with E-state index < -0.39 is 41.0 Å². The Balaban J connectivity index is 1.36. The zero-order valence-electron chi connectivity index (χ0n) is 25.1. The molecule has 5 rings (SSSR count). The van der Waals surface area contributed by atoms with E-state index in [1.54, 1.807) is 74.5 Å². The molecule has 1 heterocycles. The summed E-state index contributed by atoms with van der Waals surface area (Å²) in [5.41, 5.74) is -1.21. The maximum Gasteiger partial charge on any atom is 0.416 e. The zero-order valence-corrected chi connectivity index (χ0v) is 25.1. The monoisotopic (exact) mass is 643 g/mol. The molecule has 0 aliphatic carbocycles. The highest BCUT2D eigenvalue weighted by atomic mass is 19.4. The van der Waals surface area contributed by atoms with Gasteiger partial charge in [-0.2, -0.15) is 13.2 Å². The molecule has 0 fully saturated rings. The Morgan fingerprint density at radius 3 is 1.91 bits per heavy atom. The number of aryl methyl sites for hydroxylation is 1. The van der Waals surface area contributed by atoms with Crippen molar-refractivity contribution in [3.05, 3.63) is 142 Å². The number of aliphatic carboxylic acids is 1. The number of carbonyl (C=O) groups is 3. The van der Waals surface area contributed by atoms with E-state index in [4.69, 9.17) is 9.26 Å². The molecule has 5 aromatic rings. The van der Waals surface area contributed by atoms with Crippen molar-refractivity contribution in [1.29, 1.82) is 0 Å². The molecule has 8 nitrogen and oxygen atoms in total. The first kappa shape index (κ1) is 32.8. The van der Waals surface area contributed by atoms with Gasteiger partial charge in [0.2, 0.25) is 5.60 Å². The summed E-state index contributed by atoms with van der Waals surface area (Å²) in [6.45, 7) is 3.14. The number of Topliss-reactive ketones (excluding diaryl/α,β-unsaturated/α-hetero) is 1. The molecule has 0 aliphatic rings. The summed E-state index contributed by atoms with van der Waals surface area (Å²) in [5.74, 6) is -4.52. The third kappa shape index (κ3) is 6.70. The van der Waals surface area contributed by atoms with Gasteiger partial charge in [0.1, 0.15) is 11.7 Å². The Bertz CT molecular complexity index is 1880. The molecule has 1 unspecified atom stereocenters. The van der Waals surface area contributed by atoms with Gasteiger partial charge in [-0.25, -0.2) is 4.79 Å². The Morgan fingerprint density at radius 2 is 1.40 bits per heavy atom. The van der Waals surface area contributed by atoms with Gasteiger partial charge in [0.15, 0.2) is 11.5 Å². The van der Waals surface area contributed by atoms with Crippen molar-refractivity contribution in [2.24, 2.45) is 5.92 Å². The predicted molar refractivity (Wildman–Crippen MR) is 164 cm³/mol. The first-order valence-electron chi connectivity index (χ1n) is 14.4. The molecule has 0 saturated heterocycles. The Hall–Kier alpha value is -5.55. The molecular weight excluding hydrogens is 615 g/mol. The minimum atomic E-state index is -4.51. The number of esters is 1. The number of ketones is 1. The summed E-state index contributed by atoms with van der Waals surface area (Å²) in [7, 11) is 0. The zero-order chi connectivity index (χ0) is 33.9. The Kier molecular flexibility index (Phi) is 9.12. The highest BCUT2D eigenvalue weighted by Crippen LogP contribution is 2.35. The highest BCUT2D eigenvalue weighted by molar-refractivity contribution is 6.08. The first-order valence-corrected chi connectivity index (χ1v) is 14.4. The second-order valence-corrected chi connectivity index (χ2v) is 10.9. The lowest BCUT2D eigenvalue weighted by molar-refractivity contribution is -0.152. The van der Waals surface area contributed by atoms with E-state index in [2.05, 4.69) is 5.16 Å². The van der Waals surface area contributed by atoms with Crippen molar-refractivity contribution in [3.63, 3.8) is 0 Å². The van der Waals surface area contributed by atoms with Gasteiger partial charge in [0, 0.05) is 23.1 Å². The summed E-state index contributed by atoms with van der Waals surface area (Å²) in [6, 6.07) is 24.9. The topological polar surface area (TPSA) is 127 Å². The fraction of sp³-hybridized carbons (Fsp3) is 0.167. The van der Waals surface area contributed by atoms with E-state index in [9.17, 15) is 37.8 Å². The number of carboxylic acids is 1.